The summed E-state index contributed by atoms with van der Waals surface area (Å²) in [4.78, 5) is 28.1. The second-order valence-corrected chi connectivity index (χ2v) is 9.00. The van der Waals surface area contributed by atoms with Crippen molar-refractivity contribution in [3.05, 3.63) is 107 Å². The molecular weight excluding hydrogens is 458 g/mol. The van der Waals surface area contributed by atoms with Gasteiger partial charge in [0.15, 0.2) is 0 Å². The molecule has 0 saturated heterocycles. The number of aryl methyl sites for hydroxylation is 1. The summed E-state index contributed by atoms with van der Waals surface area (Å²) in [5.41, 5.74) is 2.52. The maximum absolute atomic E-state index is 13.2. The highest BCUT2D eigenvalue weighted by molar-refractivity contribution is 7.10. The van der Waals surface area contributed by atoms with Gasteiger partial charge in [-0.15, -0.1) is 11.3 Å². The zero-order chi connectivity index (χ0) is 24.5. The number of hydrogen-bond donors (Lipinski definition) is 2. The first-order valence-electron chi connectivity index (χ1n) is 11.3. The molecule has 35 heavy (non-hydrogen) atoms. The number of rotatable bonds is 9. The molecule has 4 aromatic rings. The molecule has 4 rings (SSSR count). The van der Waals surface area contributed by atoms with E-state index in [2.05, 4.69) is 10.6 Å². The predicted molar refractivity (Wildman–Crippen MR) is 142 cm³/mol. The third-order valence-corrected chi connectivity index (χ3v) is 6.12. The lowest BCUT2D eigenvalue weighted by Crippen LogP contribution is -2.41. The molecule has 0 aliphatic rings. The fourth-order valence-corrected chi connectivity index (χ4v) is 4.14. The van der Waals surface area contributed by atoms with Gasteiger partial charge in [0.2, 0.25) is 5.91 Å². The molecule has 1 heterocycles. The number of urea groups is 1. The van der Waals surface area contributed by atoms with Gasteiger partial charge < -0.3 is 15.4 Å². The highest BCUT2D eigenvalue weighted by Gasteiger charge is 2.17. The molecule has 0 aliphatic heterocycles. The minimum atomic E-state index is -0.280. The quantitative estimate of drug-likeness (QED) is 0.295. The Morgan fingerprint density at radius 3 is 2.26 bits per heavy atom. The molecule has 0 radical (unpaired) electrons. The van der Waals surface area contributed by atoms with Gasteiger partial charge in [-0.05, 0) is 66.9 Å². The largest absolute Gasteiger partial charge is 0.457 e. The Bertz CT molecular complexity index is 1220. The minimum Gasteiger partial charge on any atom is -0.457 e. The lowest BCUT2D eigenvalue weighted by atomic mass is 10.2. The predicted octanol–water partition coefficient (Wildman–Crippen LogP) is 6.25. The molecule has 6 nitrogen and oxygen atoms in total. The zero-order valence-corrected chi connectivity index (χ0v) is 20.3. The number of anilines is 2. The van der Waals surface area contributed by atoms with Gasteiger partial charge in [0, 0.05) is 29.3 Å². The van der Waals surface area contributed by atoms with Crippen LogP contribution in [0.1, 0.15) is 10.4 Å². The third-order valence-electron chi connectivity index (χ3n) is 5.25. The molecule has 178 valence electrons. The van der Waals surface area contributed by atoms with Gasteiger partial charge in [-0.25, -0.2) is 4.79 Å². The Balaban J connectivity index is 1.43. The molecule has 2 N–H and O–H groups in total. The standard InChI is InChI=1S/C28H27N3O3S/c1-21-9-11-22(12-10-21)30-28(33)31(18-17-29-27(32)20-26-8-5-19-35-26)23-13-15-25(16-14-23)34-24-6-3-2-4-7-24/h2-16,19H,17-18,20H2,1H3,(H,29,32)(H,30,33). The van der Waals surface area contributed by atoms with Crippen LogP contribution in [0.2, 0.25) is 0 Å². The highest BCUT2D eigenvalue weighted by atomic mass is 32.1. The van der Waals surface area contributed by atoms with Crippen LogP contribution in [0.15, 0.2) is 96.4 Å². The second-order valence-electron chi connectivity index (χ2n) is 7.96. The summed E-state index contributed by atoms with van der Waals surface area (Å²) in [6, 6.07) is 28.0. The zero-order valence-electron chi connectivity index (χ0n) is 19.4. The number of nitrogens with one attached hydrogen (secondary N) is 2. The van der Waals surface area contributed by atoms with Crippen LogP contribution in [-0.4, -0.2) is 25.0 Å². The molecule has 0 aliphatic carbocycles. The summed E-state index contributed by atoms with van der Waals surface area (Å²) < 4.78 is 5.87. The SMILES string of the molecule is Cc1ccc(NC(=O)N(CCNC(=O)Cc2cccs2)c2ccc(Oc3ccccc3)cc2)cc1. The summed E-state index contributed by atoms with van der Waals surface area (Å²) in [6.45, 7) is 2.64. The average Bonchev–Trinajstić information content (AvgIpc) is 3.37. The van der Waals surface area contributed by atoms with E-state index in [-0.39, 0.29) is 11.9 Å². The van der Waals surface area contributed by atoms with E-state index in [9.17, 15) is 9.59 Å². The maximum atomic E-state index is 13.2. The van der Waals surface area contributed by atoms with E-state index < -0.39 is 0 Å². The number of amides is 3. The van der Waals surface area contributed by atoms with Crippen molar-refractivity contribution in [1.82, 2.24) is 5.32 Å². The van der Waals surface area contributed by atoms with Crippen molar-refractivity contribution < 1.29 is 14.3 Å². The summed E-state index contributed by atoms with van der Waals surface area (Å²) in [7, 11) is 0. The van der Waals surface area contributed by atoms with Gasteiger partial charge in [0.25, 0.3) is 0 Å². The van der Waals surface area contributed by atoms with Crippen LogP contribution in [-0.2, 0) is 11.2 Å². The Morgan fingerprint density at radius 1 is 0.857 bits per heavy atom. The molecular formula is C28H27N3O3S. The van der Waals surface area contributed by atoms with Crippen LogP contribution in [0.4, 0.5) is 16.2 Å². The minimum absolute atomic E-state index is 0.0713. The van der Waals surface area contributed by atoms with Crippen molar-refractivity contribution in [2.24, 2.45) is 0 Å². The van der Waals surface area contributed by atoms with Gasteiger partial charge in [-0.2, -0.15) is 0 Å². The number of hydrogen-bond acceptors (Lipinski definition) is 4. The number of carbonyl (C=O) groups excluding carboxylic acids is 2. The molecule has 0 spiro atoms. The van der Waals surface area contributed by atoms with Crippen molar-refractivity contribution >= 4 is 34.6 Å². The number of benzene rings is 3. The lowest BCUT2D eigenvalue weighted by Gasteiger charge is -2.24. The Morgan fingerprint density at radius 2 is 1.57 bits per heavy atom. The fourth-order valence-electron chi connectivity index (χ4n) is 3.44. The van der Waals surface area contributed by atoms with E-state index in [1.165, 1.54) is 0 Å². The molecule has 1 aromatic heterocycles. The van der Waals surface area contributed by atoms with Crippen LogP contribution in [0.25, 0.3) is 0 Å². The second kappa shape index (κ2) is 11.9. The number of thiophene rings is 1. The topological polar surface area (TPSA) is 70.7 Å². The van der Waals surface area contributed by atoms with E-state index >= 15 is 0 Å². The van der Waals surface area contributed by atoms with Crippen LogP contribution in [0, 0.1) is 6.92 Å². The number of para-hydroxylation sites is 1. The Hall–Kier alpha value is -4.10. The van der Waals surface area contributed by atoms with Crippen molar-refractivity contribution in [3.8, 4) is 11.5 Å². The van der Waals surface area contributed by atoms with Gasteiger partial charge in [0.05, 0.1) is 6.42 Å². The Kier molecular flexibility index (Phi) is 8.14. The van der Waals surface area contributed by atoms with E-state index in [0.29, 0.717) is 36.6 Å². The normalized spacial score (nSPS) is 10.4. The van der Waals surface area contributed by atoms with Crippen LogP contribution < -0.4 is 20.3 Å². The third kappa shape index (κ3) is 7.19. The van der Waals surface area contributed by atoms with Gasteiger partial charge in [0.1, 0.15) is 11.5 Å². The molecule has 3 amide bonds. The van der Waals surface area contributed by atoms with Gasteiger partial charge >= 0.3 is 6.03 Å². The van der Waals surface area contributed by atoms with E-state index in [0.717, 1.165) is 16.2 Å². The van der Waals surface area contributed by atoms with Crippen LogP contribution in [0.5, 0.6) is 11.5 Å². The smallest absolute Gasteiger partial charge is 0.326 e. The van der Waals surface area contributed by atoms with E-state index in [1.807, 2.05) is 103 Å². The molecule has 0 fully saturated rings. The van der Waals surface area contributed by atoms with E-state index in [4.69, 9.17) is 4.74 Å². The molecule has 0 atom stereocenters. The summed E-state index contributed by atoms with van der Waals surface area (Å²) in [5, 5.41) is 7.80. The lowest BCUT2D eigenvalue weighted by molar-refractivity contribution is -0.120. The summed E-state index contributed by atoms with van der Waals surface area (Å²) in [5.74, 6) is 1.34. The van der Waals surface area contributed by atoms with Gasteiger partial charge in [-0.1, -0.05) is 42.0 Å². The molecule has 3 aromatic carbocycles. The van der Waals surface area contributed by atoms with E-state index in [1.54, 1.807) is 16.2 Å². The van der Waals surface area contributed by atoms with Crippen molar-refractivity contribution in [3.63, 3.8) is 0 Å². The first-order chi connectivity index (χ1) is 17.1. The highest BCUT2D eigenvalue weighted by Crippen LogP contribution is 2.25. The first-order valence-corrected chi connectivity index (χ1v) is 12.2. The van der Waals surface area contributed by atoms with Crippen molar-refractivity contribution in [1.29, 1.82) is 0 Å². The maximum Gasteiger partial charge on any atom is 0.326 e. The van der Waals surface area contributed by atoms with Gasteiger partial charge in [-0.3, -0.25) is 9.69 Å². The number of carbonyl (C=O) groups is 2. The van der Waals surface area contributed by atoms with Crippen molar-refractivity contribution in [2.75, 3.05) is 23.3 Å². The molecule has 0 bridgehead atoms. The summed E-state index contributed by atoms with van der Waals surface area (Å²) in [6.07, 6.45) is 0.332. The Labute approximate surface area is 209 Å². The number of nitrogens with zero attached hydrogens (tertiary/aromatic N) is 1. The van der Waals surface area contributed by atoms with Crippen molar-refractivity contribution in [2.45, 2.75) is 13.3 Å². The van der Waals surface area contributed by atoms with Crippen LogP contribution in [0.3, 0.4) is 0 Å². The number of ether oxygens (including phenoxy) is 1. The molecule has 0 unspecified atom stereocenters. The molecule has 0 saturated carbocycles. The average molecular weight is 486 g/mol. The molecule has 7 heteroatoms. The monoisotopic (exact) mass is 485 g/mol. The summed E-state index contributed by atoms with van der Waals surface area (Å²) >= 11 is 1.55. The first kappa shape index (κ1) is 24.0. The van der Waals surface area contributed by atoms with Crippen LogP contribution >= 0.6 is 11.3 Å². The fraction of sp³-hybridized carbons (Fsp3) is 0.143.